The van der Waals surface area contributed by atoms with Gasteiger partial charge in [0.1, 0.15) is 0 Å². The van der Waals surface area contributed by atoms with Gasteiger partial charge in [0.2, 0.25) is 5.95 Å². The number of imidazole rings is 1. The van der Waals surface area contributed by atoms with Crippen molar-refractivity contribution in [3.05, 3.63) is 36.2 Å². The second kappa shape index (κ2) is 7.35. The quantitative estimate of drug-likeness (QED) is 0.727. The highest BCUT2D eigenvalue weighted by atomic mass is 16.2. The molecule has 0 unspecified atom stereocenters. The predicted molar refractivity (Wildman–Crippen MR) is 106 cm³/mol. The SMILES string of the molecule is O=C(Nc1nc2ccccc2n1C1CCCC1)c1cn(C2CCNCC2)nn1. The number of piperidine rings is 1. The molecule has 1 saturated carbocycles. The number of para-hydroxylation sites is 2. The van der Waals surface area contributed by atoms with Crippen LogP contribution in [0.15, 0.2) is 30.5 Å². The molecular formula is C20H25N7O. The third-order valence-electron chi connectivity index (χ3n) is 5.94. The predicted octanol–water partition coefficient (Wildman–Crippen LogP) is 2.92. The highest BCUT2D eigenvalue weighted by Crippen LogP contribution is 2.35. The van der Waals surface area contributed by atoms with Crippen LogP contribution in [0.5, 0.6) is 0 Å². The van der Waals surface area contributed by atoms with Crippen LogP contribution in [0.2, 0.25) is 0 Å². The third-order valence-corrected chi connectivity index (χ3v) is 5.94. The van der Waals surface area contributed by atoms with Crippen molar-refractivity contribution in [1.29, 1.82) is 0 Å². The van der Waals surface area contributed by atoms with Crippen LogP contribution < -0.4 is 10.6 Å². The number of fused-ring (bicyclic) bond motifs is 1. The fourth-order valence-electron chi connectivity index (χ4n) is 4.46. The average Bonchev–Trinajstić information content (AvgIpc) is 3.47. The summed E-state index contributed by atoms with van der Waals surface area (Å²) < 4.78 is 4.02. The molecule has 1 saturated heterocycles. The van der Waals surface area contributed by atoms with Crippen LogP contribution in [0.1, 0.15) is 61.1 Å². The van der Waals surface area contributed by atoms with Gasteiger partial charge in [0.25, 0.3) is 5.91 Å². The Balaban J connectivity index is 1.41. The Bertz CT molecular complexity index is 980. The minimum absolute atomic E-state index is 0.255. The van der Waals surface area contributed by atoms with E-state index in [0.29, 0.717) is 23.7 Å². The molecule has 3 heterocycles. The number of nitrogens with zero attached hydrogens (tertiary/aromatic N) is 5. The Morgan fingerprint density at radius 3 is 2.68 bits per heavy atom. The van der Waals surface area contributed by atoms with Crippen molar-refractivity contribution in [1.82, 2.24) is 29.9 Å². The van der Waals surface area contributed by atoms with E-state index in [2.05, 4.69) is 36.6 Å². The van der Waals surface area contributed by atoms with Crippen LogP contribution in [-0.2, 0) is 0 Å². The number of aromatic nitrogens is 5. The van der Waals surface area contributed by atoms with Gasteiger partial charge < -0.3 is 9.88 Å². The first-order valence-electron chi connectivity index (χ1n) is 10.2. The van der Waals surface area contributed by atoms with Gasteiger partial charge in [0, 0.05) is 6.04 Å². The maximum atomic E-state index is 12.9. The molecule has 8 nitrogen and oxygen atoms in total. The Hall–Kier alpha value is -2.74. The molecule has 0 atom stereocenters. The first kappa shape index (κ1) is 17.4. The highest BCUT2D eigenvalue weighted by Gasteiger charge is 2.25. The van der Waals surface area contributed by atoms with Gasteiger partial charge in [0.15, 0.2) is 5.69 Å². The van der Waals surface area contributed by atoms with Crippen LogP contribution in [0, 0.1) is 0 Å². The molecule has 2 N–H and O–H groups in total. The summed E-state index contributed by atoms with van der Waals surface area (Å²) in [6.45, 7) is 1.94. The molecule has 8 heteroatoms. The monoisotopic (exact) mass is 379 g/mol. The molecule has 2 aliphatic rings. The minimum Gasteiger partial charge on any atom is -0.317 e. The maximum Gasteiger partial charge on any atom is 0.280 e. The summed E-state index contributed by atoms with van der Waals surface area (Å²) in [5.41, 5.74) is 2.31. The first-order chi connectivity index (χ1) is 13.8. The Morgan fingerprint density at radius 2 is 1.86 bits per heavy atom. The van der Waals surface area contributed by atoms with E-state index in [9.17, 15) is 4.79 Å². The van der Waals surface area contributed by atoms with E-state index < -0.39 is 0 Å². The van der Waals surface area contributed by atoms with E-state index >= 15 is 0 Å². The molecule has 2 aromatic heterocycles. The van der Waals surface area contributed by atoms with E-state index in [1.807, 2.05) is 22.9 Å². The van der Waals surface area contributed by atoms with Gasteiger partial charge in [-0.25, -0.2) is 9.67 Å². The van der Waals surface area contributed by atoms with Crippen molar-refractivity contribution < 1.29 is 4.79 Å². The topological polar surface area (TPSA) is 89.7 Å². The van der Waals surface area contributed by atoms with Gasteiger partial charge in [-0.1, -0.05) is 30.2 Å². The number of carbonyl (C=O) groups excluding carboxylic acids is 1. The lowest BCUT2D eigenvalue weighted by Crippen LogP contribution is -2.29. The summed E-state index contributed by atoms with van der Waals surface area (Å²) in [4.78, 5) is 17.5. The minimum atomic E-state index is -0.255. The van der Waals surface area contributed by atoms with Crippen molar-refractivity contribution in [3.63, 3.8) is 0 Å². The standard InChI is InChI=1S/C20H25N7O/c28-19(17-13-26(25-24-17)14-9-11-21-12-10-14)23-20-22-16-7-3-4-8-18(16)27(20)15-5-1-2-6-15/h3-4,7-8,13-15,21H,1-2,5-6,9-12H2,(H,22,23,28). The van der Waals surface area contributed by atoms with Crippen LogP contribution in [0.25, 0.3) is 11.0 Å². The second-order valence-electron chi connectivity index (χ2n) is 7.75. The average molecular weight is 379 g/mol. The number of hydrogen-bond donors (Lipinski definition) is 2. The van der Waals surface area contributed by atoms with Gasteiger partial charge in [-0.05, 0) is 50.9 Å². The number of benzene rings is 1. The molecule has 1 aliphatic heterocycles. The van der Waals surface area contributed by atoms with Gasteiger partial charge in [-0.3, -0.25) is 10.1 Å². The zero-order valence-electron chi connectivity index (χ0n) is 15.8. The Morgan fingerprint density at radius 1 is 1.07 bits per heavy atom. The zero-order chi connectivity index (χ0) is 18.9. The first-order valence-corrected chi connectivity index (χ1v) is 10.2. The molecule has 146 valence electrons. The molecule has 1 amide bonds. The summed E-state index contributed by atoms with van der Waals surface area (Å²) in [5.74, 6) is 0.351. The van der Waals surface area contributed by atoms with Crippen LogP contribution in [-0.4, -0.2) is 43.5 Å². The van der Waals surface area contributed by atoms with Crippen molar-refractivity contribution in [2.75, 3.05) is 18.4 Å². The normalized spacial score (nSPS) is 18.7. The van der Waals surface area contributed by atoms with E-state index in [1.165, 1.54) is 12.8 Å². The molecule has 0 spiro atoms. The number of amides is 1. The zero-order valence-corrected chi connectivity index (χ0v) is 15.8. The Labute approximate surface area is 163 Å². The molecular weight excluding hydrogens is 354 g/mol. The van der Waals surface area contributed by atoms with E-state index in [1.54, 1.807) is 6.20 Å². The lowest BCUT2D eigenvalue weighted by molar-refractivity contribution is 0.102. The number of anilines is 1. The lowest BCUT2D eigenvalue weighted by Gasteiger charge is -2.22. The summed E-state index contributed by atoms with van der Waals surface area (Å²) >= 11 is 0. The summed E-state index contributed by atoms with van der Waals surface area (Å²) in [7, 11) is 0. The molecule has 2 fully saturated rings. The highest BCUT2D eigenvalue weighted by molar-refractivity contribution is 6.02. The molecule has 0 bridgehead atoms. The second-order valence-corrected chi connectivity index (χ2v) is 7.75. The number of hydrogen-bond acceptors (Lipinski definition) is 5. The maximum absolute atomic E-state index is 12.9. The molecule has 28 heavy (non-hydrogen) atoms. The van der Waals surface area contributed by atoms with Gasteiger partial charge in [0.05, 0.1) is 23.3 Å². The molecule has 0 radical (unpaired) electrons. The smallest absolute Gasteiger partial charge is 0.280 e. The van der Waals surface area contributed by atoms with Gasteiger partial charge in [-0.2, -0.15) is 0 Å². The van der Waals surface area contributed by atoms with Crippen molar-refractivity contribution in [2.24, 2.45) is 0 Å². The summed E-state index contributed by atoms with van der Waals surface area (Å²) in [6.07, 6.45) is 8.44. The third kappa shape index (κ3) is 3.17. The van der Waals surface area contributed by atoms with E-state index in [4.69, 9.17) is 0 Å². The van der Waals surface area contributed by atoms with Crippen molar-refractivity contribution >= 4 is 22.9 Å². The van der Waals surface area contributed by atoms with Crippen molar-refractivity contribution in [2.45, 2.75) is 50.6 Å². The molecule has 5 rings (SSSR count). The molecule has 3 aromatic rings. The van der Waals surface area contributed by atoms with Crippen molar-refractivity contribution in [3.8, 4) is 0 Å². The summed E-state index contributed by atoms with van der Waals surface area (Å²) in [6, 6.07) is 8.75. The largest absolute Gasteiger partial charge is 0.317 e. The van der Waals surface area contributed by atoms with Gasteiger partial charge in [-0.15, -0.1) is 5.10 Å². The number of carbonyl (C=O) groups is 1. The molecule has 1 aliphatic carbocycles. The Kier molecular flexibility index (Phi) is 4.56. The van der Waals surface area contributed by atoms with Crippen LogP contribution in [0.4, 0.5) is 5.95 Å². The number of nitrogens with one attached hydrogen (secondary N) is 2. The fraction of sp³-hybridized carbons (Fsp3) is 0.500. The lowest BCUT2D eigenvalue weighted by atomic mass is 10.1. The van der Waals surface area contributed by atoms with Crippen LogP contribution in [0.3, 0.4) is 0 Å². The van der Waals surface area contributed by atoms with E-state index in [-0.39, 0.29) is 5.91 Å². The van der Waals surface area contributed by atoms with Gasteiger partial charge >= 0.3 is 0 Å². The van der Waals surface area contributed by atoms with Crippen LogP contribution >= 0.6 is 0 Å². The summed E-state index contributed by atoms with van der Waals surface area (Å²) in [5, 5.41) is 14.6. The number of rotatable bonds is 4. The van der Waals surface area contributed by atoms with E-state index in [0.717, 1.165) is 49.8 Å². The fourth-order valence-corrected chi connectivity index (χ4v) is 4.46. The molecule has 1 aromatic carbocycles.